The van der Waals surface area contributed by atoms with Gasteiger partial charge in [0.25, 0.3) is 5.91 Å². The van der Waals surface area contributed by atoms with Crippen LogP contribution in [0, 0.1) is 15.9 Å². The number of nitrogens with zero attached hydrogens (tertiary/aromatic N) is 4. The smallest absolute Gasteiger partial charge is 0.357 e. The van der Waals surface area contributed by atoms with Crippen molar-refractivity contribution >= 4 is 28.2 Å². The minimum Gasteiger partial charge on any atom is -0.497 e. The number of para-hydroxylation sites is 1. The number of rotatable bonds is 6. The van der Waals surface area contributed by atoms with E-state index in [4.69, 9.17) is 4.74 Å². The van der Waals surface area contributed by atoms with Gasteiger partial charge in [-0.15, -0.1) is 0 Å². The highest BCUT2D eigenvalue weighted by atomic mass is 19.1. The molecule has 0 saturated carbocycles. The van der Waals surface area contributed by atoms with Crippen LogP contribution in [0.15, 0.2) is 77.6 Å². The number of hydrogen-bond donors (Lipinski definition) is 0. The summed E-state index contributed by atoms with van der Waals surface area (Å²) in [5.74, 6) is 0.109. The molecule has 9 nitrogen and oxygen atoms in total. The fourth-order valence-corrected chi connectivity index (χ4v) is 4.84. The lowest BCUT2D eigenvalue weighted by Gasteiger charge is -2.36. The van der Waals surface area contributed by atoms with Gasteiger partial charge in [0.1, 0.15) is 17.3 Å². The lowest BCUT2D eigenvalue weighted by atomic mass is 10.1. The van der Waals surface area contributed by atoms with Gasteiger partial charge >= 0.3 is 11.2 Å². The Labute approximate surface area is 217 Å². The fourth-order valence-electron chi connectivity index (χ4n) is 4.84. The first-order valence-corrected chi connectivity index (χ1v) is 12.1. The van der Waals surface area contributed by atoms with E-state index < -0.39 is 22.0 Å². The van der Waals surface area contributed by atoms with Crippen molar-refractivity contribution in [2.75, 3.05) is 38.2 Å². The van der Waals surface area contributed by atoms with Crippen molar-refractivity contribution in [1.29, 1.82) is 0 Å². The molecule has 2 heterocycles. The number of benzene rings is 3. The molecule has 4 aromatic rings. The molecule has 3 aromatic carbocycles. The number of halogens is 1. The van der Waals surface area contributed by atoms with E-state index in [2.05, 4.69) is 0 Å². The third-order valence-electron chi connectivity index (χ3n) is 6.78. The van der Waals surface area contributed by atoms with Crippen molar-refractivity contribution in [3.05, 3.63) is 110 Å². The lowest BCUT2D eigenvalue weighted by Crippen LogP contribution is -2.49. The molecule has 0 unspecified atom stereocenters. The van der Waals surface area contributed by atoms with Crippen LogP contribution in [0.3, 0.4) is 0 Å². The summed E-state index contributed by atoms with van der Waals surface area (Å²) in [6, 6.07) is 19.6. The number of anilines is 1. The van der Waals surface area contributed by atoms with Gasteiger partial charge in [-0.05, 0) is 48.0 Å². The molecule has 1 aliphatic heterocycles. The van der Waals surface area contributed by atoms with E-state index in [0.717, 1.165) is 0 Å². The Bertz CT molecular complexity index is 1560. The van der Waals surface area contributed by atoms with Crippen LogP contribution >= 0.6 is 0 Å². The molecule has 10 heteroatoms. The number of carbonyl (C=O) groups excluding carboxylic acids is 1. The molecular formula is C28H25FN4O5. The summed E-state index contributed by atoms with van der Waals surface area (Å²) in [5.41, 5.74) is 0.720. The van der Waals surface area contributed by atoms with Gasteiger partial charge in [-0.25, -0.2) is 4.39 Å². The van der Waals surface area contributed by atoms with Crippen LogP contribution in [0.1, 0.15) is 15.9 Å². The maximum atomic E-state index is 13.5. The average molecular weight is 517 g/mol. The molecule has 1 aliphatic rings. The molecule has 0 spiro atoms. The first kappa shape index (κ1) is 24.9. The van der Waals surface area contributed by atoms with E-state index in [1.807, 2.05) is 4.90 Å². The number of piperazine rings is 1. The summed E-state index contributed by atoms with van der Waals surface area (Å²) < 4.78 is 19.9. The molecular weight excluding hydrogens is 491 g/mol. The van der Waals surface area contributed by atoms with Gasteiger partial charge in [0, 0.05) is 37.1 Å². The van der Waals surface area contributed by atoms with Crippen LogP contribution in [-0.4, -0.2) is 53.6 Å². The zero-order valence-electron chi connectivity index (χ0n) is 20.7. The maximum absolute atomic E-state index is 13.5. The number of methoxy groups -OCH3 is 1. The Balaban J connectivity index is 1.48. The van der Waals surface area contributed by atoms with Gasteiger partial charge in [0.15, 0.2) is 0 Å². The second-order valence-corrected chi connectivity index (χ2v) is 9.00. The fraction of sp³-hybridized carbons (Fsp3) is 0.214. The van der Waals surface area contributed by atoms with E-state index in [9.17, 15) is 24.1 Å². The van der Waals surface area contributed by atoms with Gasteiger partial charge in [0.2, 0.25) is 0 Å². The normalized spacial score (nSPS) is 13.5. The lowest BCUT2D eigenvalue weighted by molar-refractivity contribution is -0.385. The van der Waals surface area contributed by atoms with Crippen molar-refractivity contribution in [2.24, 2.45) is 0 Å². The first-order valence-electron chi connectivity index (χ1n) is 12.1. The molecule has 5 rings (SSSR count). The minimum absolute atomic E-state index is 0.0604. The van der Waals surface area contributed by atoms with Crippen LogP contribution in [-0.2, 0) is 6.54 Å². The van der Waals surface area contributed by atoms with Gasteiger partial charge in [0.05, 0.1) is 24.1 Å². The SMILES string of the molecule is COc1ccc(C(=O)N2CCN(c3c([N+](=O)[O-])c(=O)n(Cc4ccc(F)cc4)c4ccccc34)CC2)cc1. The Morgan fingerprint density at radius 1 is 0.974 bits per heavy atom. The number of nitro groups is 1. The minimum atomic E-state index is -0.732. The average Bonchev–Trinajstić information content (AvgIpc) is 2.95. The van der Waals surface area contributed by atoms with E-state index >= 15 is 0 Å². The van der Waals surface area contributed by atoms with Crippen molar-refractivity contribution in [1.82, 2.24) is 9.47 Å². The topological polar surface area (TPSA) is 97.9 Å². The number of pyridine rings is 1. The summed E-state index contributed by atoms with van der Waals surface area (Å²) in [6.07, 6.45) is 0. The highest BCUT2D eigenvalue weighted by molar-refractivity contribution is 5.97. The summed E-state index contributed by atoms with van der Waals surface area (Å²) >= 11 is 0. The highest BCUT2D eigenvalue weighted by Gasteiger charge is 2.32. The predicted molar refractivity (Wildman–Crippen MR) is 141 cm³/mol. The van der Waals surface area contributed by atoms with E-state index in [-0.39, 0.29) is 18.1 Å². The Hall–Kier alpha value is -4.73. The second kappa shape index (κ2) is 10.3. The van der Waals surface area contributed by atoms with Gasteiger partial charge in [-0.1, -0.05) is 30.3 Å². The summed E-state index contributed by atoms with van der Waals surface area (Å²) in [4.78, 5) is 41.6. The van der Waals surface area contributed by atoms with Crippen molar-refractivity contribution in [3.8, 4) is 5.75 Å². The molecule has 0 aliphatic carbocycles. The summed E-state index contributed by atoms with van der Waals surface area (Å²) in [6.45, 7) is 1.40. The van der Waals surface area contributed by atoms with Gasteiger partial charge in [-0.3, -0.25) is 24.3 Å². The molecule has 0 N–H and O–H groups in total. The van der Waals surface area contributed by atoms with Crippen molar-refractivity contribution in [3.63, 3.8) is 0 Å². The maximum Gasteiger partial charge on any atom is 0.357 e. The molecule has 0 atom stereocenters. The molecule has 1 saturated heterocycles. The van der Waals surface area contributed by atoms with Crippen LogP contribution in [0.4, 0.5) is 15.8 Å². The van der Waals surface area contributed by atoms with Gasteiger partial charge < -0.3 is 14.5 Å². The predicted octanol–water partition coefficient (Wildman–Crippen LogP) is 4.07. The number of carbonyl (C=O) groups is 1. The molecule has 1 amide bonds. The molecule has 1 fully saturated rings. The van der Waals surface area contributed by atoms with Crippen molar-refractivity contribution < 1.29 is 18.8 Å². The Morgan fingerprint density at radius 3 is 2.26 bits per heavy atom. The molecule has 38 heavy (non-hydrogen) atoms. The van der Waals surface area contributed by atoms with Crippen LogP contribution in [0.25, 0.3) is 10.9 Å². The van der Waals surface area contributed by atoms with Crippen LogP contribution in [0.2, 0.25) is 0 Å². The third kappa shape index (κ3) is 4.68. The number of aromatic nitrogens is 1. The van der Waals surface area contributed by atoms with E-state index in [1.165, 1.54) is 16.7 Å². The highest BCUT2D eigenvalue weighted by Crippen LogP contribution is 2.34. The van der Waals surface area contributed by atoms with Crippen LogP contribution in [0.5, 0.6) is 5.75 Å². The standard InChI is InChI=1S/C28H25FN4O5/c1-38-22-12-8-20(9-13-22)27(34)31-16-14-30(15-17-31)25-23-4-2-3-5-24(23)32(28(35)26(25)33(36)37)18-19-6-10-21(29)11-7-19/h2-13H,14-18H2,1H3. The number of ether oxygens (including phenoxy) is 1. The second-order valence-electron chi connectivity index (χ2n) is 9.00. The molecule has 194 valence electrons. The van der Waals surface area contributed by atoms with Crippen molar-refractivity contribution in [2.45, 2.75) is 6.54 Å². The summed E-state index contributed by atoms with van der Waals surface area (Å²) in [7, 11) is 1.56. The molecule has 1 aromatic heterocycles. The number of fused-ring (bicyclic) bond motifs is 1. The molecule has 0 bridgehead atoms. The third-order valence-corrected chi connectivity index (χ3v) is 6.78. The summed E-state index contributed by atoms with van der Waals surface area (Å²) in [5, 5.41) is 12.8. The zero-order chi connectivity index (χ0) is 26.8. The number of amides is 1. The Morgan fingerprint density at radius 2 is 1.63 bits per heavy atom. The van der Waals surface area contributed by atoms with E-state index in [0.29, 0.717) is 54.0 Å². The van der Waals surface area contributed by atoms with E-state index in [1.54, 1.807) is 72.7 Å². The van der Waals surface area contributed by atoms with Crippen LogP contribution < -0.4 is 15.2 Å². The number of hydrogen-bond acceptors (Lipinski definition) is 6. The largest absolute Gasteiger partial charge is 0.497 e. The zero-order valence-corrected chi connectivity index (χ0v) is 20.7. The van der Waals surface area contributed by atoms with Gasteiger partial charge in [-0.2, -0.15) is 0 Å². The quantitative estimate of drug-likeness (QED) is 0.283. The molecule has 0 radical (unpaired) electrons. The Kier molecular flexibility index (Phi) is 6.78. The first-order chi connectivity index (χ1) is 18.4. The monoisotopic (exact) mass is 516 g/mol.